The number of likely N-dealkylation sites (N-methyl/N-ethyl adjacent to an activating group) is 1. The molecule has 0 saturated carbocycles. The fourth-order valence-corrected chi connectivity index (χ4v) is 3.07. The lowest BCUT2D eigenvalue weighted by Crippen LogP contribution is -2.47. The quantitative estimate of drug-likeness (QED) is 0.465. The first-order valence-corrected chi connectivity index (χ1v) is 7.49. The average molecular weight is 309 g/mol. The van der Waals surface area contributed by atoms with E-state index < -0.39 is 6.04 Å². The number of esters is 1. The van der Waals surface area contributed by atoms with Gasteiger partial charge < -0.3 is 15.0 Å². The van der Waals surface area contributed by atoms with Gasteiger partial charge in [-0.3, -0.25) is 14.9 Å². The lowest BCUT2D eigenvalue weighted by atomic mass is 9.84. The van der Waals surface area contributed by atoms with Gasteiger partial charge in [0, 0.05) is 42.5 Å². The molecule has 0 bridgehead atoms. The van der Waals surface area contributed by atoms with E-state index in [0.717, 1.165) is 24.1 Å². The van der Waals surface area contributed by atoms with Crippen molar-refractivity contribution < 1.29 is 14.5 Å². The molecule has 2 rings (SSSR count). The highest BCUT2D eigenvalue weighted by molar-refractivity contribution is 5.65. The van der Waals surface area contributed by atoms with Crippen molar-refractivity contribution in [1.29, 1.82) is 0 Å². The Bertz CT molecular complexity index is 513. The van der Waals surface area contributed by atoms with E-state index in [4.69, 9.17) is 4.74 Å². The van der Waals surface area contributed by atoms with E-state index in [9.17, 15) is 14.9 Å². The van der Waals surface area contributed by atoms with Crippen LogP contribution in [0.2, 0.25) is 0 Å². The summed E-state index contributed by atoms with van der Waals surface area (Å²) in [5.74, 6) is -0.272. The van der Waals surface area contributed by atoms with E-state index in [0.29, 0.717) is 13.0 Å². The first-order chi connectivity index (χ1) is 10.4. The van der Waals surface area contributed by atoms with Gasteiger partial charge in [0.25, 0.3) is 0 Å². The molecule has 1 aliphatic carbocycles. The summed E-state index contributed by atoms with van der Waals surface area (Å²) < 4.78 is 5.01. The molecule has 7 heteroatoms. The number of nitrogens with one attached hydrogen (secondary N) is 1. The number of allylic oxidation sites excluding steroid dienone is 1. The van der Waals surface area contributed by atoms with Crippen molar-refractivity contribution in [3.05, 3.63) is 33.5 Å². The van der Waals surface area contributed by atoms with Crippen LogP contribution in [0.15, 0.2) is 23.4 Å². The van der Waals surface area contributed by atoms with Crippen LogP contribution in [0, 0.1) is 10.1 Å². The number of carbonyl (C=O) groups excluding carboxylic acids is 1. The van der Waals surface area contributed by atoms with Gasteiger partial charge >= 0.3 is 5.97 Å². The molecule has 122 valence electrons. The Labute approximate surface area is 130 Å². The highest BCUT2D eigenvalue weighted by atomic mass is 16.6. The van der Waals surface area contributed by atoms with Crippen molar-refractivity contribution in [2.45, 2.75) is 44.3 Å². The third-order valence-corrected chi connectivity index (χ3v) is 4.20. The van der Waals surface area contributed by atoms with Crippen LogP contribution in [-0.2, 0) is 9.53 Å². The Morgan fingerprint density at radius 3 is 2.86 bits per heavy atom. The van der Waals surface area contributed by atoms with Crippen molar-refractivity contribution in [3.8, 4) is 0 Å². The lowest BCUT2D eigenvalue weighted by Gasteiger charge is -2.39. The zero-order valence-corrected chi connectivity index (χ0v) is 13.2. The molecule has 0 radical (unpaired) electrons. The van der Waals surface area contributed by atoms with E-state index >= 15 is 0 Å². The fraction of sp³-hybridized carbons (Fsp3) is 0.667. The molecule has 0 spiro atoms. The molecule has 0 fully saturated rings. The third kappa shape index (κ3) is 3.85. The van der Waals surface area contributed by atoms with Gasteiger partial charge in [0.1, 0.15) is 0 Å². The van der Waals surface area contributed by atoms with E-state index in [1.165, 1.54) is 6.92 Å². The summed E-state index contributed by atoms with van der Waals surface area (Å²) in [7, 11) is 3.98. The maximum atomic E-state index is 11.0. The molecular formula is C15H23N3O4. The van der Waals surface area contributed by atoms with Crippen molar-refractivity contribution in [1.82, 2.24) is 10.2 Å². The molecule has 0 aromatic rings. The maximum absolute atomic E-state index is 11.0. The maximum Gasteiger partial charge on any atom is 0.302 e. The van der Waals surface area contributed by atoms with Gasteiger partial charge in [-0.25, -0.2) is 0 Å². The number of rotatable bonds is 5. The minimum Gasteiger partial charge on any atom is -0.466 e. The van der Waals surface area contributed by atoms with Gasteiger partial charge in [-0.05, 0) is 38.2 Å². The molecule has 0 saturated heterocycles. The van der Waals surface area contributed by atoms with Crippen LogP contribution >= 0.6 is 0 Å². The standard InChI is InChI=1S/C15H23N3O4/c1-10(19)22-7-6-11-8-15(17(2)3)13-9-12(18(20)21)4-5-14(13)16-11/h4-5,11-12,15-16H,6-9H2,1-3H3. The van der Waals surface area contributed by atoms with Gasteiger partial charge in [-0.1, -0.05) is 0 Å². The van der Waals surface area contributed by atoms with Crippen molar-refractivity contribution in [2.24, 2.45) is 0 Å². The van der Waals surface area contributed by atoms with Crippen LogP contribution in [0.25, 0.3) is 0 Å². The van der Waals surface area contributed by atoms with E-state index in [-0.39, 0.29) is 23.0 Å². The Hall–Kier alpha value is -1.89. The van der Waals surface area contributed by atoms with Crippen LogP contribution in [0.5, 0.6) is 0 Å². The zero-order chi connectivity index (χ0) is 16.3. The molecule has 3 unspecified atom stereocenters. The van der Waals surface area contributed by atoms with Gasteiger partial charge in [-0.15, -0.1) is 0 Å². The van der Waals surface area contributed by atoms with Gasteiger partial charge in [0.15, 0.2) is 0 Å². The summed E-state index contributed by atoms with van der Waals surface area (Å²) in [5, 5.41) is 14.4. The van der Waals surface area contributed by atoms with Crippen molar-refractivity contribution in [2.75, 3.05) is 20.7 Å². The predicted molar refractivity (Wildman–Crippen MR) is 81.8 cm³/mol. The van der Waals surface area contributed by atoms with E-state index in [1.54, 1.807) is 6.08 Å². The molecular weight excluding hydrogens is 286 g/mol. The molecule has 0 aromatic carbocycles. The van der Waals surface area contributed by atoms with E-state index in [1.807, 2.05) is 20.2 Å². The van der Waals surface area contributed by atoms with Gasteiger partial charge in [0.05, 0.1) is 6.61 Å². The van der Waals surface area contributed by atoms with Crippen LogP contribution < -0.4 is 5.32 Å². The summed E-state index contributed by atoms with van der Waals surface area (Å²) in [4.78, 5) is 23.7. The van der Waals surface area contributed by atoms with Crippen molar-refractivity contribution >= 4 is 5.97 Å². The van der Waals surface area contributed by atoms with Gasteiger partial charge in [0.2, 0.25) is 6.04 Å². The summed E-state index contributed by atoms with van der Waals surface area (Å²) in [5.41, 5.74) is 2.08. The Morgan fingerprint density at radius 1 is 1.55 bits per heavy atom. The highest BCUT2D eigenvalue weighted by Crippen LogP contribution is 2.31. The van der Waals surface area contributed by atoms with Crippen LogP contribution in [-0.4, -0.2) is 54.6 Å². The molecule has 2 aliphatic rings. The summed E-state index contributed by atoms with van der Waals surface area (Å²) >= 11 is 0. The van der Waals surface area contributed by atoms with E-state index in [2.05, 4.69) is 10.2 Å². The van der Waals surface area contributed by atoms with Crippen LogP contribution in [0.4, 0.5) is 0 Å². The number of ether oxygens (including phenoxy) is 1. The number of hydrogen-bond donors (Lipinski definition) is 1. The van der Waals surface area contributed by atoms with Crippen LogP contribution in [0.3, 0.4) is 0 Å². The molecule has 0 amide bonds. The summed E-state index contributed by atoms with van der Waals surface area (Å²) in [6.07, 6.45) is 5.50. The largest absolute Gasteiger partial charge is 0.466 e. The Morgan fingerprint density at radius 2 is 2.27 bits per heavy atom. The second-order valence-electron chi connectivity index (χ2n) is 6.04. The Balaban J connectivity index is 2.08. The van der Waals surface area contributed by atoms with Gasteiger partial charge in [-0.2, -0.15) is 0 Å². The predicted octanol–water partition coefficient (Wildman–Crippen LogP) is 1.09. The first-order valence-electron chi connectivity index (χ1n) is 7.49. The SMILES string of the molecule is CC(=O)OCCC1CC(N(C)C)C2=C(C=CC([N+](=O)[O-])C2)N1. The third-order valence-electron chi connectivity index (χ3n) is 4.20. The molecule has 0 aromatic heterocycles. The van der Waals surface area contributed by atoms with Crippen LogP contribution in [0.1, 0.15) is 26.2 Å². The molecule has 1 aliphatic heterocycles. The lowest BCUT2D eigenvalue weighted by molar-refractivity contribution is -0.509. The summed E-state index contributed by atoms with van der Waals surface area (Å²) in [6.45, 7) is 1.79. The smallest absolute Gasteiger partial charge is 0.302 e. The molecule has 7 nitrogen and oxygen atoms in total. The highest BCUT2D eigenvalue weighted by Gasteiger charge is 2.35. The minimum atomic E-state index is -0.638. The summed E-state index contributed by atoms with van der Waals surface area (Å²) in [6, 6.07) is -0.270. The number of hydrogen-bond acceptors (Lipinski definition) is 6. The molecule has 22 heavy (non-hydrogen) atoms. The minimum absolute atomic E-state index is 0.172. The molecule has 1 N–H and O–H groups in total. The Kier molecular flexibility index (Phi) is 5.18. The van der Waals surface area contributed by atoms with Crippen molar-refractivity contribution in [3.63, 3.8) is 0 Å². The second-order valence-corrected chi connectivity index (χ2v) is 6.04. The number of nitro groups is 1. The molecule has 3 atom stereocenters. The number of nitrogens with zero attached hydrogens (tertiary/aromatic N) is 2. The number of carbonyl (C=O) groups is 1. The average Bonchev–Trinajstić information content (AvgIpc) is 2.45. The zero-order valence-electron chi connectivity index (χ0n) is 13.2. The fourth-order valence-electron chi connectivity index (χ4n) is 3.07. The second kappa shape index (κ2) is 6.91. The first kappa shape index (κ1) is 16.5. The monoisotopic (exact) mass is 309 g/mol. The normalized spacial score (nSPS) is 27.4. The molecule has 1 heterocycles. The topological polar surface area (TPSA) is 84.7 Å².